The first-order valence-electron chi connectivity index (χ1n) is 5.29. The highest BCUT2D eigenvalue weighted by atomic mass is 32.2. The first-order valence-corrected chi connectivity index (χ1v) is 6.84. The molecule has 0 radical (unpaired) electrons. The molecule has 0 atom stereocenters. The molecule has 1 aromatic heterocycles. The average molecular weight is 280 g/mol. The molecule has 3 N–H and O–H groups in total. The van der Waals surface area contributed by atoms with E-state index < -0.39 is 10.0 Å². The van der Waals surface area contributed by atoms with Crippen LogP contribution in [0.3, 0.4) is 0 Å². The Morgan fingerprint density at radius 2 is 1.95 bits per heavy atom. The summed E-state index contributed by atoms with van der Waals surface area (Å²) in [6.07, 6.45) is 3.02. The number of carbonyl (C=O) groups is 1. The van der Waals surface area contributed by atoms with Crippen molar-refractivity contribution in [3.05, 3.63) is 42.2 Å². The predicted octanol–water partition coefficient (Wildman–Crippen LogP) is 0.320. The van der Waals surface area contributed by atoms with Gasteiger partial charge in [-0.05, 0) is 24.3 Å². The van der Waals surface area contributed by atoms with Gasteiger partial charge in [0.05, 0.1) is 16.7 Å². The zero-order valence-corrected chi connectivity index (χ0v) is 10.9. The van der Waals surface area contributed by atoms with Crippen LogP contribution in [0, 0.1) is 0 Å². The maximum absolute atomic E-state index is 11.8. The maximum Gasteiger partial charge on any atom is 0.258 e. The van der Waals surface area contributed by atoms with Crippen molar-refractivity contribution in [3.63, 3.8) is 0 Å². The Morgan fingerprint density at radius 3 is 2.42 bits per heavy atom. The number of hydrogen-bond acceptors (Lipinski definition) is 4. The molecule has 0 spiro atoms. The number of sulfonamides is 1. The molecule has 0 aliphatic heterocycles. The molecule has 8 heteroatoms. The predicted molar refractivity (Wildman–Crippen MR) is 69.0 cm³/mol. The van der Waals surface area contributed by atoms with Crippen molar-refractivity contribution in [2.75, 3.05) is 5.32 Å². The summed E-state index contributed by atoms with van der Waals surface area (Å²) in [5.74, 6) is -0.323. The molecule has 2 rings (SSSR count). The lowest BCUT2D eigenvalue weighted by molar-refractivity contribution is 0.102. The lowest BCUT2D eigenvalue weighted by atomic mass is 10.3. The maximum atomic E-state index is 11.8. The van der Waals surface area contributed by atoms with E-state index in [1.807, 2.05) is 0 Å². The molecule has 1 amide bonds. The summed E-state index contributed by atoms with van der Waals surface area (Å²) < 4.78 is 23.7. The van der Waals surface area contributed by atoms with Crippen LogP contribution >= 0.6 is 0 Å². The van der Waals surface area contributed by atoms with Crippen molar-refractivity contribution < 1.29 is 13.2 Å². The summed E-state index contributed by atoms with van der Waals surface area (Å²) in [7, 11) is -2.02. The van der Waals surface area contributed by atoms with Crippen LogP contribution in [-0.2, 0) is 17.1 Å². The lowest BCUT2D eigenvalue weighted by Crippen LogP contribution is -2.13. The van der Waals surface area contributed by atoms with Crippen molar-refractivity contribution in [2.45, 2.75) is 4.90 Å². The fraction of sp³-hybridized carbons (Fsp3) is 0.0909. The number of primary sulfonamides is 1. The Hall–Kier alpha value is -2.19. The van der Waals surface area contributed by atoms with Gasteiger partial charge in [0, 0.05) is 18.9 Å². The Bertz CT molecular complexity index is 704. The van der Waals surface area contributed by atoms with Crippen LogP contribution in [0.4, 0.5) is 5.69 Å². The topological polar surface area (TPSA) is 107 Å². The van der Waals surface area contributed by atoms with E-state index in [0.717, 1.165) is 0 Å². The molecule has 0 unspecified atom stereocenters. The largest absolute Gasteiger partial charge is 0.322 e. The van der Waals surface area contributed by atoms with Gasteiger partial charge < -0.3 is 5.32 Å². The summed E-state index contributed by atoms with van der Waals surface area (Å²) in [5.41, 5.74) is 0.888. The van der Waals surface area contributed by atoms with Crippen molar-refractivity contribution >= 4 is 21.6 Å². The number of benzene rings is 1. The molecule has 1 aromatic carbocycles. The Labute approximate surface area is 110 Å². The van der Waals surface area contributed by atoms with E-state index in [-0.39, 0.29) is 10.8 Å². The Kier molecular flexibility index (Phi) is 3.36. The molecule has 100 valence electrons. The summed E-state index contributed by atoms with van der Waals surface area (Å²) in [6.45, 7) is 0. The second-order valence-corrected chi connectivity index (χ2v) is 5.49. The van der Waals surface area contributed by atoms with Gasteiger partial charge >= 0.3 is 0 Å². The zero-order valence-electron chi connectivity index (χ0n) is 10.1. The number of aryl methyl sites for hydroxylation is 1. The highest BCUT2D eigenvalue weighted by Crippen LogP contribution is 2.13. The number of carbonyl (C=O) groups excluding carboxylic acids is 1. The molecule has 0 fully saturated rings. The van der Waals surface area contributed by atoms with Gasteiger partial charge in [0.25, 0.3) is 5.91 Å². The molecule has 0 saturated heterocycles. The Morgan fingerprint density at radius 1 is 1.32 bits per heavy atom. The normalized spacial score (nSPS) is 11.3. The van der Waals surface area contributed by atoms with Crippen LogP contribution in [0.5, 0.6) is 0 Å². The summed E-state index contributed by atoms with van der Waals surface area (Å²) in [4.78, 5) is 11.8. The van der Waals surface area contributed by atoms with E-state index in [1.54, 1.807) is 13.2 Å². The number of rotatable bonds is 3. The van der Waals surface area contributed by atoms with Gasteiger partial charge in [0.15, 0.2) is 0 Å². The van der Waals surface area contributed by atoms with Gasteiger partial charge in [0.1, 0.15) is 0 Å². The van der Waals surface area contributed by atoms with Crippen LogP contribution < -0.4 is 10.5 Å². The minimum absolute atomic E-state index is 0.00752. The third-order valence-electron chi connectivity index (χ3n) is 2.41. The van der Waals surface area contributed by atoms with E-state index >= 15 is 0 Å². The third-order valence-corrected chi connectivity index (χ3v) is 3.34. The lowest BCUT2D eigenvalue weighted by Gasteiger charge is -2.04. The fourth-order valence-electron chi connectivity index (χ4n) is 1.47. The Balaban J connectivity index is 2.14. The highest BCUT2D eigenvalue weighted by molar-refractivity contribution is 7.89. The monoisotopic (exact) mass is 280 g/mol. The molecule has 19 heavy (non-hydrogen) atoms. The van der Waals surface area contributed by atoms with E-state index in [4.69, 9.17) is 5.14 Å². The van der Waals surface area contributed by atoms with Crippen LogP contribution in [0.2, 0.25) is 0 Å². The molecule has 0 aliphatic rings. The number of nitrogens with two attached hydrogens (primary N) is 1. The number of aromatic nitrogens is 2. The third kappa shape index (κ3) is 3.18. The minimum atomic E-state index is -3.72. The summed E-state index contributed by atoms with van der Waals surface area (Å²) in [6, 6.07) is 5.59. The van der Waals surface area contributed by atoms with Gasteiger partial charge in [-0.15, -0.1) is 0 Å². The average Bonchev–Trinajstić information content (AvgIpc) is 2.75. The molecule has 2 aromatic rings. The molecule has 1 heterocycles. The van der Waals surface area contributed by atoms with E-state index in [0.29, 0.717) is 11.3 Å². The molecule has 0 aliphatic carbocycles. The molecular formula is C11H12N4O3S. The van der Waals surface area contributed by atoms with Crippen molar-refractivity contribution in [3.8, 4) is 0 Å². The summed E-state index contributed by atoms with van der Waals surface area (Å²) >= 11 is 0. The van der Waals surface area contributed by atoms with Crippen LogP contribution in [0.1, 0.15) is 10.4 Å². The molecule has 7 nitrogen and oxygen atoms in total. The van der Waals surface area contributed by atoms with Gasteiger partial charge in [-0.2, -0.15) is 5.10 Å². The molecule has 0 saturated carbocycles. The molecular weight excluding hydrogens is 268 g/mol. The van der Waals surface area contributed by atoms with Crippen molar-refractivity contribution in [1.82, 2.24) is 9.78 Å². The number of hydrogen-bond donors (Lipinski definition) is 2. The number of amides is 1. The van der Waals surface area contributed by atoms with Crippen LogP contribution in [-0.4, -0.2) is 24.1 Å². The number of nitrogens with one attached hydrogen (secondary N) is 1. The minimum Gasteiger partial charge on any atom is -0.322 e. The van der Waals surface area contributed by atoms with Gasteiger partial charge in [-0.1, -0.05) is 0 Å². The second kappa shape index (κ2) is 4.82. The van der Waals surface area contributed by atoms with Crippen molar-refractivity contribution in [1.29, 1.82) is 0 Å². The van der Waals surface area contributed by atoms with E-state index in [9.17, 15) is 13.2 Å². The number of nitrogens with zero attached hydrogens (tertiary/aromatic N) is 2. The fourth-order valence-corrected chi connectivity index (χ4v) is 1.99. The standard InChI is InChI=1S/C11H12N4O3S/c1-15-7-8(6-13-15)11(16)14-9-2-4-10(5-3-9)19(12,17)18/h2-7H,1H3,(H,14,16)(H2,12,17,18). The first kappa shape index (κ1) is 13.2. The number of anilines is 1. The summed E-state index contributed by atoms with van der Waals surface area (Å²) in [5, 5.41) is 11.5. The smallest absolute Gasteiger partial charge is 0.258 e. The van der Waals surface area contributed by atoms with Gasteiger partial charge in [-0.3, -0.25) is 9.48 Å². The van der Waals surface area contributed by atoms with E-state index in [1.165, 1.54) is 35.1 Å². The van der Waals surface area contributed by atoms with Gasteiger partial charge in [0.2, 0.25) is 10.0 Å². The van der Waals surface area contributed by atoms with E-state index in [2.05, 4.69) is 10.4 Å². The quantitative estimate of drug-likeness (QED) is 0.844. The van der Waals surface area contributed by atoms with Crippen LogP contribution in [0.15, 0.2) is 41.6 Å². The second-order valence-electron chi connectivity index (χ2n) is 3.93. The zero-order chi connectivity index (χ0) is 14.0. The highest BCUT2D eigenvalue weighted by Gasteiger charge is 2.10. The van der Waals surface area contributed by atoms with Crippen LogP contribution in [0.25, 0.3) is 0 Å². The first-order chi connectivity index (χ1) is 8.86. The molecule has 0 bridgehead atoms. The van der Waals surface area contributed by atoms with Crippen molar-refractivity contribution in [2.24, 2.45) is 12.2 Å². The SMILES string of the molecule is Cn1cc(C(=O)Nc2ccc(S(N)(=O)=O)cc2)cn1. The van der Waals surface area contributed by atoms with Gasteiger partial charge in [-0.25, -0.2) is 13.6 Å².